The maximum Gasteiger partial charge on any atom is 0.233 e. The van der Waals surface area contributed by atoms with E-state index in [1.807, 2.05) is 42.5 Å². The van der Waals surface area contributed by atoms with Crippen LogP contribution in [0.15, 0.2) is 54.6 Å². The van der Waals surface area contributed by atoms with Crippen LogP contribution in [-0.2, 0) is 21.5 Å². The van der Waals surface area contributed by atoms with Crippen LogP contribution in [0.5, 0.6) is 0 Å². The van der Waals surface area contributed by atoms with E-state index in [4.69, 9.17) is 0 Å². The van der Waals surface area contributed by atoms with Crippen molar-refractivity contribution in [1.29, 1.82) is 0 Å². The van der Waals surface area contributed by atoms with E-state index in [-0.39, 0.29) is 23.7 Å². The summed E-state index contributed by atoms with van der Waals surface area (Å²) in [6.07, 6.45) is -0.114. The van der Waals surface area contributed by atoms with E-state index in [2.05, 4.69) is 43.1 Å². The van der Waals surface area contributed by atoms with Crippen molar-refractivity contribution in [2.45, 2.75) is 39.2 Å². The molecule has 1 aliphatic rings. The lowest BCUT2D eigenvalue weighted by Crippen LogP contribution is -2.48. The van der Waals surface area contributed by atoms with Gasteiger partial charge in [0.15, 0.2) is 0 Å². The van der Waals surface area contributed by atoms with Crippen molar-refractivity contribution in [2.75, 3.05) is 31.5 Å². The van der Waals surface area contributed by atoms with E-state index in [1.165, 1.54) is 5.56 Å². The SMILES string of the molecule is CC(C)(C)c1ccccc1NC(=O)CC(=O)N1CCN(Cc2ccccc2)CC1. The van der Waals surface area contributed by atoms with Gasteiger partial charge in [-0.05, 0) is 22.6 Å². The number of rotatable bonds is 5. The Kier molecular flexibility index (Phi) is 6.70. The Morgan fingerprint density at radius 2 is 1.52 bits per heavy atom. The zero-order chi connectivity index (χ0) is 20.9. The van der Waals surface area contributed by atoms with Gasteiger partial charge in [0, 0.05) is 38.4 Å². The first-order valence-electron chi connectivity index (χ1n) is 10.3. The van der Waals surface area contributed by atoms with Crippen LogP contribution >= 0.6 is 0 Å². The molecule has 0 bridgehead atoms. The number of carbonyl (C=O) groups excluding carboxylic acids is 2. The van der Waals surface area contributed by atoms with Gasteiger partial charge in [-0.2, -0.15) is 0 Å². The average Bonchev–Trinajstić information content (AvgIpc) is 2.69. The van der Waals surface area contributed by atoms with Gasteiger partial charge in [-0.3, -0.25) is 14.5 Å². The summed E-state index contributed by atoms with van der Waals surface area (Å²) in [6, 6.07) is 18.1. The van der Waals surface area contributed by atoms with Crippen molar-refractivity contribution in [3.05, 3.63) is 65.7 Å². The molecule has 2 aromatic carbocycles. The molecule has 0 aromatic heterocycles. The van der Waals surface area contributed by atoms with Crippen molar-refractivity contribution in [2.24, 2.45) is 0 Å². The first kappa shape index (κ1) is 21.1. The lowest BCUT2D eigenvalue weighted by molar-refractivity contribution is -0.136. The number of piperazine rings is 1. The smallest absolute Gasteiger partial charge is 0.233 e. The largest absolute Gasteiger partial charge is 0.340 e. The molecule has 1 aliphatic heterocycles. The fourth-order valence-corrected chi connectivity index (χ4v) is 3.69. The number of carbonyl (C=O) groups is 2. The van der Waals surface area contributed by atoms with Crippen LogP contribution in [0.25, 0.3) is 0 Å². The molecule has 5 heteroatoms. The maximum absolute atomic E-state index is 12.6. The summed E-state index contributed by atoms with van der Waals surface area (Å²) in [4.78, 5) is 29.2. The van der Waals surface area contributed by atoms with Crippen molar-refractivity contribution in [1.82, 2.24) is 9.80 Å². The third-order valence-corrected chi connectivity index (χ3v) is 5.29. The van der Waals surface area contributed by atoms with Crippen LogP contribution in [0.4, 0.5) is 5.69 Å². The van der Waals surface area contributed by atoms with Crippen molar-refractivity contribution in [3.63, 3.8) is 0 Å². The Labute approximate surface area is 173 Å². The first-order valence-corrected chi connectivity index (χ1v) is 10.3. The van der Waals surface area contributed by atoms with E-state index in [0.717, 1.165) is 30.9 Å². The summed E-state index contributed by atoms with van der Waals surface area (Å²) < 4.78 is 0. The molecule has 0 atom stereocenters. The van der Waals surface area contributed by atoms with Gasteiger partial charge < -0.3 is 10.2 Å². The number of hydrogen-bond donors (Lipinski definition) is 1. The van der Waals surface area contributed by atoms with E-state index in [0.29, 0.717) is 13.1 Å². The Balaban J connectivity index is 1.49. The molecule has 1 fully saturated rings. The lowest BCUT2D eigenvalue weighted by atomic mass is 9.86. The van der Waals surface area contributed by atoms with Gasteiger partial charge in [-0.1, -0.05) is 69.3 Å². The van der Waals surface area contributed by atoms with Crippen molar-refractivity contribution >= 4 is 17.5 Å². The summed E-state index contributed by atoms with van der Waals surface area (Å²) in [6.45, 7) is 10.2. The van der Waals surface area contributed by atoms with E-state index in [9.17, 15) is 9.59 Å². The molecule has 154 valence electrons. The summed E-state index contributed by atoms with van der Waals surface area (Å²) in [7, 11) is 0. The molecule has 0 aliphatic carbocycles. The maximum atomic E-state index is 12.6. The molecule has 2 amide bonds. The van der Waals surface area contributed by atoms with Gasteiger partial charge >= 0.3 is 0 Å². The monoisotopic (exact) mass is 393 g/mol. The second-order valence-electron chi connectivity index (χ2n) is 8.66. The number of amides is 2. The highest BCUT2D eigenvalue weighted by atomic mass is 16.2. The number of benzene rings is 2. The van der Waals surface area contributed by atoms with Crippen LogP contribution in [-0.4, -0.2) is 47.8 Å². The molecule has 0 spiro atoms. The molecule has 0 unspecified atom stereocenters. The fourth-order valence-electron chi connectivity index (χ4n) is 3.69. The van der Waals surface area contributed by atoms with E-state index >= 15 is 0 Å². The first-order chi connectivity index (χ1) is 13.8. The summed E-state index contributed by atoms with van der Waals surface area (Å²) >= 11 is 0. The quantitative estimate of drug-likeness (QED) is 0.789. The normalized spacial score (nSPS) is 15.2. The standard InChI is InChI=1S/C24H31N3O2/c1-24(2,3)20-11-7-8-12-21(20)25-22(28)17-23(29)27-15-13-26(14-16-27)18-19-9-5-4-6-10-19/h4-12H,13-18H2,1-3H3,(H,25,28). The van der Waals surface area contributed by atoms with Crippen LogP contribution in [0.1, 0.15) is 38.3 Å². The molecule has 3 rings (SSSR count). The van der Waals surface area contributed by atoms with Gasteiger partial charge in [0.2, 0.25) is 11.8 Å². The number of hydrogen-bond acceptors (Lipinski definition) is 3. The van der Waals surface area contributed by atoms with Crippen LogP contribution in [0.2, 0.25) is 0 Å². The second kappa shape index (κ2) is 9.23. The van der Waals surface area contributed by atoms with Gasteiger partial charge in [0.25, 0.3) is 0 Å². The zero-order valence-electron chi connectivity index (χ0n) is 17.6. The van der Waals surface area contributed by atoms with E-state index in [1.54, 1.807) is 4.90 Å². The highest BCUT2D eigenvalue weighted by Gasteiger charge is 2.24. The molecular weight excluding hydrogens is 362 g/mol. The summed E-state index contributed by atoms with van der Waals surface area (Å²) in [5.41, 5.74) is 3.05. The molecule has 5 nitrogen and oxygen atoms in total. The van der Waals surface area contributed by atoms with Gasteiger partial charge in [0.05, 0.1) is 0 Å². The highest BCUT2D eigenvalue weighted by Crippen LogP contribution is 2.29. The Bertz CT molecular complexity index is 835. The predicted molar refractivity (Wildman–Crippen MR) is 117 cm³/mol. The minimum atomic E-state index is -0.251. The topological polar surface area (TPSA) is 52.7 Å². The summed E-state index contributed by atoms with van der Waals surface area (Å²) in [5, 5.41) is 2.93. The molecule has 0 radical (unpaired) electrons. The van der Waals surface area contributed by atoms with Crippen molar-refractivity contribution < 1.29 is 9.59 Å². The summed E-state index contributed by atoms with van der Waals surface area (Å²) in [5.74, 6) is -0.353. The third-order valence-electron chi connectivity index (χ3n) is 5.29. The number of para-hydroxylation sites is 1. The number of anilines is 1. The van der Waals surface area contributed by atoms with E-state index < -0.39 is 0 Å². The van der Waals surface area contributed by atoms with Gasteiger partial charge in [0.1, 0.15) is 6.42 Å². The second-order valence-corrected chi connectivity index (χ2v) is 8.66. The van der Waals surface area contributed by atoms with Crippen LogP contribution < -0.4 is 5.32 Å². The van der Waals surface area contributed by atoms with Crippen LogP contribution in [0.3, 0.4) is 0 Å². The molecule has 29 heavy (non-hydrogen) atoms. The van der Waals surface area contributed by atoms with Crippen LogP contribution in [0, 0.1) is 0 Å². The molecule has 1 N–H and O–H groups in total. The Hall–Kier alpha value is -2.66. The number of nitrogens with zero attached hydrogens (tertiary/aromatic N) is 2. The molecule has 0 saturated carbocycles. The zero-order valence-corrected chi connectivity index (χ0v) is 17.6. The third kappa shape index (κ3) is 5.91. The highest BCUT2D eigenvalue weighted by molar-refractivity contribution is 6.04. The molecular formula is C24H31N3O2. The van der Waals surface area contributed by atoms with Gasteiger partial charge in [-0.25, -0.2) is 0 Å². The molecule has 1 heterocycles. The lowest BCUT2D eigenvalue weighted by Gasteiger charge is -2.34. The number of nitrogens with one attached hydrogen (secondary N) is 1. The average molecular weight is 394 g/mol. The molecule has 2 aromatic rings. The van der Waals surface area contributed by atoms with Gasteiger partial charge in [-0.15, -0.1) is 0 Å². The van der Waals surface area contributed by atoms with Crippen molar-refractivity contribution in [3.8, 4) is 0 Å². The Morgan fingerprint density at radius 1 is 0.897 bits per heavy atom. The minimum absolute atomic E-state index is 0.0804. The predicted octanol–water partition coefficient (Wildman–Crippen LogP) is 3.66. The fraction of sp³-hybridized carbons (Fsp3) is 0.417. The molecule has 1 saturated heterocycles. The Morgan fingerprint density at radius 3 is 2.17 bits per heavy atom. The minimum Gasteiger partial charge on any atom is -0.340 e.